The molecule has 1 unspecified atom stereocenters. The van der Waals surface area contributed by atoms with Gasteiger partial charge < -0.3 is 10.6 Å². The predicted octanol–water partition coefficient (Wildman–Crippen LogP) is 3.23. The molecule has 0 saturated heterocycles. The second-order valence-corrected chi connectivity index (χ2v) is 5.65. The molecule has 0 aliphatic carbocycles. The fourth-order valence-corrected chi connectivity index (χ4v) is 2.02. The summed E-state index contributed by atoms with van der Waals surface area (Å²) in [6, 6.07) is 8.08. The van der Waals surface area contributed by atoms with Gasteiger partial charge in [0.15, 0.2) is 0 Å². The van der Waals surface area contributed by atoms with E-state index in [0.717, 1.165) is 29.8 Å². The number of para-hydroxylation sites is 1. The zero-order valence-corrected chi connectivity index (χ0v) is 12.4. The highest BCUT2D eigenvalue weighted by atomic mass is 32.2. The van der Waals surface area contributed by atoms with Crippen LogP contribution in [0.4, 0.5) is 11.8 Å². The van der Waals surface area contributed by atoms with E-state index in [1.807, 2.05) is 36.9 Å². The van der Waals surface area contributed by atoms with Gasteiger partial charge in [-0.2, -0.15) is 16.7 Å². The van der Waals surface area contributed by atoms with Gasteiger partial charge in [0.1, 0.15) is 5.82 Å². The van der Waals surface area contributed by atoms with E-state index in [1.165, 1.54) is 0 Å². The monoisotopic (exact) mass is 276 g/mol. The molecule has 1 atom stereocenters. The van der Waals surface area contributed by atoms with Gasteiger partial charge in [0.2, 0.25) is 5.95 Å². The van der Waals surface area contributed by atoms with Gasteiger partial charge in [0.05, 0.1) is 5.52 Å². The molecule has 0 spiro atoms. The molecule has 19 heavy (non-hydrogen) atoms. The third-order valence-corrected chi connectivity index (χ3v) is 3.87. The van der Waals surface area contributed by atoms with Crippen molar-refractivity contribution in [2.45, 2.75) is 19.1 Å². The number of hydrogen-bond donors (Lipinski definition) is 2. The molecular weight excluding hydrogens is 256 g/mol. The molecule has 2 N–H and O–H groups in total. The molecule has 102 valence electrons. The Labute approximate surface area is 118 Å². The van der Waals surface area contributed by atoms with Gasteiger partial charge in [-0.15, -0.1) is 0 Å². The van der Waals surface area contributed by atoms with Crippen molar-refractivity contribution in [2.75, 3.05) is 30.0 Å². The SMILES string of the molecule is CCNc1nc(NCC(C)SC)c2ccccc2n1. The maximum atomic E-state index is 4.55. The van der Waals surface area contributed by atoms with Crippen LogP contribution in [0.2, 0.25) is 0 Å². The molecule has 5 heteroatoms. The number of anilines is 2. The molecule has 0 radical (unpaired) electrons. The summed E-state index contributed by atoms with van der Waals surface area (Å²) < 4.78 is 0. The van der Waals surface area contributed by atoms with Gasteiger partial charge in [-0.1, -0.05) is 19.1 Å². The summed E-state index contributed by atoms with van der Waals surface area (Å²) in [4.78, 5) is 9.06. The number of thioether (sulfide) groups is 1. The van der Waals surface area contributed by atoms with Gasteiger partial charge >= 0.3 is 0 Å². The van der Waals surface area contributed by atoms with Gasteiger partial charge in [-0.25, -0.2) is 4.98 Å². The largest absolute Gasteiger partial charge is 0.368 e. The average molecular weight is 276 g/mol. The van der Waals surface area contributed by atoms with E-state index in [2.05, 4.69) is 39.8 Å². The molecule has 0 aliphatic rings. The second kappa shape index (κ2) is 6.61. The lowest BCUT2D eigenvalue weighted by Crippen LogP contribution is -2.15. The molecule has 2 aromatic rings. The lowest BCUT2D eigenvalue weighted by molar-refractivity contribution is 0.989. The van der Waals surface area contributed by atoms with Crippen LogP contribution in [-0.4, -0.2) is 34.6 Å². The van der Waals surface area contributed by atoms with Crippen molar-refractivity contribution in [3.05, 3.63) is 24.3 Å². The normalized spacial score (nSPS) is 12.4. The van der Waals surface area contributed by atoms with Crippen LogP contribution in [0, 0.1) is 0 Å². The number of rotatable bonds is 6. The lowest BCUT2D eigenvalue weighted by Gasteiger charge is -2.13. The van der Waals surface area contributed by atoms with E-state index in [0.29, 0.717) is 11.2 Å². The Morgan fingerprint density at radius 1 is 1.21 bits per heavy atom. The van der Waals surface area contributed by atoms with Crippen LogP contribution in [-0.2, 0) is 0 Å². The summed E-state index contributed by atoms with van der Waals surface area (Å²) in [6.45, 7) is 5.96. The maximum Gasteiger partial charge on any atom is 0.225 e. The Bertz CT molecular complexity index is 544. The molecule has 0 bridgehead atoms. The highest BCUT2D eigenvalue weighted by molar-refractivity contribution is 7.99. The summed E-state index contributed by atoms with van der Waals surface area (Å²) in [5, 5.41) is 8.22. The van der Waals surface area contributed by atoms with Crippen molar-refractivity contribution in [1.29, 1.82) is 0 Å². The lowest BCUT2D eigenvalue weighted by atomic mass is 10.2. The summed E-state index contributed by atoms with van der Waals surface area (Å²) in [5.41, 5.74) is 0.966. The van der Waals surface area contributed by atoms with Crippen molar-refractivity contribution >= 4 is 34.4 Å². The quantitative estimate of drug-likeness (QED) is 0.848. The minimum Gasteiger partial charge on any atom is -0.368 e. The number of benzene rings is 1. The van der Waals surface area contributed by atoms with E-state index in [1.54, 1.807) is 0 Å². The van der Waals surface area contributed by atoms with Gasteiger partial charge in [0.25, 0.3) is 0 Å². The average Bonchev–Trinajstić information content (AvgIpc) is 2.44. The molecule has 0 fully saturated rings. The zero-order chi connectivity index (χ0) is 13.7. The number of nitrogens with one attached hydrogen (secondary N) is 2. The first kappa shape index (κ1) is 13.9. The topological polar surface area (TPSA) is 49.8 Å². The van der Waals surface area contributed by atoms with Gasteiger partial charge in [0, 0.05) is 23.7 Å². The van der Waals surface area contributed by atoms with E-state index in [-0.39, 0.29) is 0 Å². The predicted molar refractivity (Wildman–Crippen MR) is 85.2 cm³/mol. The molecule has 0 saturated carbocycles. The van der Waals surface area contributed by atoms with Crippen LogP contribution in [0.1, 0.15) is 13.8 Å². The van der Waals surface area contributed by atoms with E-state index in [9.17, 15) is 0 Å². The van der Waals surface area contributed by atoms with Crippen molar-refractivity contribution in [3.63, 3.8) is 0 Å². The number of nitrogens with zero attached hydrogens (tertiary/aromatic N) is 2. The molecule has 4 nitrogen and oxygen atoms in total. The first-order valence-electron chi connectivity index (χ1n) is 6.52. The highest BCUT2D eigenvalue weighted by Gasteiger charge is 2.07. The Balaban J connectivity index is 2.33. The standard InChI is InChI=1S/C14H20N4S/c1-4-15-14-17-12-8-6-5-7-11(12)13(18-14)16-9-10(2)19-3/h5-8,10H,4,9H2,1-3H3,(H2,15,16,17,18). The molecule has 1 heterocycles. The smallest absolute Gasteiger partial charge is 0.225 e. The number of hydrogen-bond acceptors (Lipinski definition) is 5. The fraction of sp³-hybridized carbons (Fsp3) is 0.429. The third-order valence-electron chi connectivity index (χ3n) is 2.90. The minimum absolute atomic E-state index is 0.552. The molecule has 0 amide bonds. The third kappa shape index (κ3) is 3.50. The molecule has 0 aliphatic heterocycles. The molecular formula is C14H20N4S. The maximum absolute atomic E-state index is 4.55. The van der Waals surface area contributed by atoms with Gasteiger partial charge in [-0.05, 0) is 25.3 Å². The van der Waals surface area contributed by atoms with E-state index in [4.69, 9.17) is 0 Å². The van der Waals surface area contributed by atoms with Crippen LogP contribution in [0.15, 0.2) is 24.3 Å². The Hall–Kier alpha value is -1.49. The van der Waals surface area contributed by atoms with Crippen LogP contribution in [0.3, 0.4) is 0 Å². The molecule has 2 rings (SSSR count). The molecule has 1 aromatic carbocycles. The second-order valence-electron chi connectivity index (χ2n) is 4.37. The summed E-state index contributed by atoms with van der Waals surface area (Å²) in [6.07, 6.45) is 2.12. The summed E-state index contributed by atoms with van der Waals surface area (Å²) >= 11 is 1.84. The minimum atomic E-state index is 0.552. The fourth-order valence-electron chi connectivity index (χ4n) is 1.77. The van der Waals surface area contributed by atoms with Crippen molar-refractivity contribution in [1.82, 2.24) is 9.97 Å². The number of aromatic nitrogens is 2. The first-order valence-corrected chi connectivity index (χ1v) is 7.80. The van der Waals surface area contributed by atoms with E-state index >= 15 is 0 Å². The van der Waals surface area contributed by atoms with Crippen LogP contribution in [0.25, 0.3) is 10.9 Å². The van der Waals surface area contributed by atoms with Crippen molar-refractivity contribution < 1.29 is 0 Å². The van der Waals surface area contributed by atoms with Gasteiger partial charge in [-0.3, -0.25) is 0 Å². The Morgan fingerprint density at radius 2 is 2.00 bits per heavy atom. The number of fused-ring (bicyclic) bond motifs is 1. The van der Waals surface area contributed by atoms with Crippen molar-refractivity contribution in [2.24, 2.45) is 0 Å². The Morgan fingerprint density at radius 3 is 2.74 bits per heavy atom. The van der Waals surface area contributed by atoms with Crippen molar-refractivity contribution in [3.8, 4) is 0 Å². The first-order chi connectivity index (χ1) is 9.24. The van der Waals surface area contributed by atoms with Crippen LogP contribution >= 0.6 is 11.8 Å². The summed E-state index contributed by atoms with van der Waals surface area (Å²) in [5.74, 6) is 1.59. The van der Waals surface area contributed by atoms with Crippen LogP contribution < -0.4 is 10.6 Å². The highest BCUT2D eigenvalue weighted by Crippen LogP contribution is 2.22. The van der Waals surface area contributed by atoms with E-state index < -0.39 is 0 Å². The molecule has 1 aromatic heterocycles. The Kier molecular flexibility index (Phi) is 4.85. The summed E-state index contributed by atoms with van der Waals surface area (Å²) in [7, 11) is 0. The zero-order valence-electron chi connectivity index (χ0n) is 11.6. The van der Waals surface area contributed by atoms with Crippen LogP contribution in [0.5, 0.6) is 0 Å².